The number of fused-ring (bicyclic) bond motifs is 2. The van der Waals surface area contributed by atoms with Crippen molar-refractivity contribution in [2.24, 2.45) is 0 Å². The fourth-order valence-electron chi connectivity index (χ4n) is 6.45. The molecule has 0 amide bonds. The lowest BCUT2D eigenvalue weighted by atomic mass is 9.88. The van der Waals surface area contributed by atoms with Crippen LogP contribution in [0.2, 0.25) is 0 Å². The van der Waals surface area contributed by atoms with Gasteiger partial charge >= 0.3 is 0 Å². The number of hydrogen-bond donors (Lipinski definition) is 0. The molecule has 8 rings (SSSR count). The van der Waals surface area contributed by atoms with Gasteiger partial charge in [0.15, 0.2) is 13.6 Å². The van der Waals surface area contributed by atoms with Gasteiger partial charge in [-0.15, -0.1) is 0 Å². The highest BCUT2D eigenvalue weighted by Gasteiger charge is 2.24. The predicted molar refractivity (Wildman–Crippen MR) is 232 cm³/mol. The highest BCUT2D eigenvalue weighted by molar-refractivity contribution is 14.1. The van der Waals surface area contributed by atoms with E-state index in [9.17, 15) is 0 Å². The number of aromatic nitrogens is 4. The minimum Gasteiger partial charge on any atom is -0.466 e. The quantitative estimate of drug-likeness (QED) is 0.0806. The Morgan fingerprint density at radius 3 is 1.51 bits per heavy atom. The summed E-state index contributed by atoms with van der Waals surface area (Å²) in [5.41, 5.74) is 7.53. The third kappa shape index (κ3) is 8.32. The number of benzene rings is 4. The van der Waals surface area contributed by atoms with Crippen molar-refractivity contribution in [2.45, 2.75) is 0 Å². The van der Waals surface area contributed by atoms with Crippen molar-refractivity contribution < 1.29 is 18.9 Å². The SMILES string of the molecule is COCOc1c(C#Cc2ccc(-c3ccccn3)nc2)cc2ccccc2c1-c1c(OCOC)c(C#Cc2ccc(-c3ccccn3)nc2)cc2cc(I)ccc12. The summed E-state index contributed by atoms with van der Waals surface area (Å²) in [5.74, 6) is 14.6. The second kappa shape index (κ2) is 17.4. The normalized spacial score (nSPS) is 10.7. The second-order valence-corrected chi connectivity index (χ2v) is 14.0. The van der Waals surface area contributed by atoms with Crippen LogP contribution in [0.4, 0.5) is 0 Å². The molecule has 0 saturated carbocycles. The van der Waals surface area contributed by atoms with E-state index in [0.29, 0.717) is 22.6 Å². The molecule has 0 N–H and O–H groups in total. The van der Waals surface area contributed by atoms with Crippen LogP contribution in [0.1, 0.15) is 22.3 Å². The molecule has 8 nitrogen and oxygen atoms in total. The van der Waals surface area contributed by atoms with Crippen molar-refractivity contribution in [1.82, 2.24) is 19.9 Å². The van der Waals surface area contributed by atoms with Gasteiger partial charge in [-0.2, -0.15) is 0 Å². The van der Waals surface area contributed by atoms with Crippen LogP contribution in [-0.4, -0.2) is 47.7 Å². The number of nitrogens with zero attached hydrogens (tertiary/aromatic N) is 4. The summed E-state index contributed by atoms with van der Waals surface area (Å²) in [7, 11) is 3.19. The second-order valence-electron chi connectivity index (χ2n) is 12.7. The summed E-state index contributed by atoms with van der Waals surface area (Å²) in [5, 5.41) is 3.83. The summed E-state index contributed by atoms with van der Waals surface area (Å²) in [4.78, 5) is 18.1. The number of ether oxygens (including phenoxy) is 4. The first-order valence-electron chi connectivity index (χ1n) is 17.9. The topological polar surface area (TPSA) is 88.5 Å². The standard InChI is InChI=1S/C48H33IN4O4/c1-54-30-56-47-35(17-13-32-15-21-43(52-28-32)41-11-5-7-23-50-41)25-34-9-3-4-10-39(34)45(47)46-40-20-19-38(49)27-37(40)26-36(48(46)57-31-55-2)18-14-33-16-22-44(53-29-33)42-12-6-8-24-51-42/h3-12,15-16,19-29H,30-31H2,1-2H3. The van der Waals surface area contributed by atoms with Crippen LogP contribution >= 0.6 is 22.6 Å². The zero-order valence-electron chi connectivity index (χ0n) is 31.0. The van der Waals surface area contributed by atoms with E-state index in [1.807, 2.05) is 78.9 Å². The molecule has 0 spiro atoms. The first kappa shape index (κ1) is 37.3. The molecule has 0 bridgehead atoms. The first-order chi connectivity index (χ1) is 28.1. The average Bonchev–Trinajstić information content (AvgIpc) is 3.26. The minimum absolute atomic E-state index is 0.00850. The third-order valence-corrected chi connectivity index (χ3v) is 9.68. The minimum atomic E-state index is -0.00886. The van der Waals surface area contributed by atoms with Crippen molar-refractivity contribution in [3.05, 3.63) is 166 Å². The van der Waals surface area contributed by atoms with Crippen LogP contribution in [0.15, 0.2) is 140 Å². The van der Waals surface area contributed by atoms with Gasteiger partial charge < -0.3 is 18.9 Å². The Morgan fingerprint density at radius 1 is 0.491 bits per heavy atom. The molecular formula is C48H33IN4O4. The number of halogens is 1. The van der Waals surface area contributed by atoms with Gasteiger partial charge in [-0.1, -0.05) is 66.1 Å². The van der Waals surface area contributed by atoms with Crippen LogP contribution in [0.5, 0.6) is 11.5 Å². The van der Waals surface area contributed by atoms with Crippen molar-refractivity contribution in [2.75, 3.05) is 27.8 Å². The number of hydrogen-bond acceptors (Lipinski definition) is 8. The summed E-state index contributed by atoms with van der Waals surface area (Å²) in [6.45, 7) is -0.0174. The van der Waals surface area contributed by atoms with Gasteiger partial charge in [-0.05, 0) is 117 Å². The Bertz CT molecular complexity index is 2830. The highest BCUT2D eigenvalue weighted by Crippen LogP contribution is 2.48. The summed E-state index contributed by atoms with van der Waals surface area (Å²) in [6, 6.07) is 37.8. The Balaban J connectivity index is 1.33. The third-order valence-electron chi connectivity index (χ3n) is 9.01. The van der Waals surface area contributed by atoms with Crippen molar-refractivity contribution in [3.63, 3.8) is 0 Å². The van der Waals surface area contributed by atoms with Gasteiger partial charge in [0.1, 0.15) is 11.5 Å². The van der Waals surface area contributed by atoms with Gasteiger partial charge in [-0.25, -0.2) is 0 Å². The molecule has 8 aromatic rings. The molecule has 4 heterocycles. The predicted octanol–water partition coefficient (Wildman–Crippen LogP) is 9.94. The Morgan fingerprint density at radius 2 is 1.00 bits per heavy atom. The fourth-order valence-corrected chi connectivity index (χ4v) is 6.97. The van der Waals surface area contributed by atoms with E-state index in [1.54, 1.807) is 39.0 Å². The molecule has 0 aliphatic carbocycles. The van der Waals surface area contributed by atoms with E-state index < -0.39 is 0 Å². The zero-order valence-corrected chi connectivity index (χ0v) is 33.2. The highest BCUT2D eigenvalue weighted by atomic mass is 127. The summed E-state index contributed by atoms with van der Waals surface area (Å²) in [6.07, 6.45) is 7.01. The van der Waals surface area contributed by atoms with E-state index in [4.69, 9.17) is 18.9 Å². The van der Waals surface area contributed by atoms with E-state index in [2.05, 4.69) is 103 Å². The molecule has 0 atom stereocenters. The largest absolute Gasteiger partial charge is 0.466 e. The van der Waals surface area contributed by atoms with Crippen molar-refractivity contribution >= 4 is 44.1 Å². The van der Waals surface area contributed by atoms with Crippen LogP contribution in [0, 0.1) is 27.3 Å². The maximum atomic E-state index is 6.51. The molecule has 0 fully saturated rings. The van der Waals surface area contributed by atoms with Crippen LogP contribution in [0.3, 0.4) is 0 Å². The maximum absolute atomic E-state index is 6.51. The number of methoxy groups -OCH3 is 2. The van der Waals surface area contributed by atoms with E-state index in [-0.39, 0.29) is 13.6 Å². The van der Waals surface area contributed by atoms with Gasteiger partial charge in [0, 0.05) is 64.8 Å². The molecule has 9 heteroatoms. The van der Waals surface area contributed by atoms with E-state index >= 15 is 0 Å². The molecule has 0 saturated heterocycles. The van der Waals surface area contributed by atoms with E-state index in [0.717, 1.165) is 70.1 Å². The van der Waals surface area contributed by atoms with Crippen molar-refractivity contribution in [3.8, 4) is 69.1 Å². The summed E-state index contributed by atoms with van der Waals surface area (Å²) >= 11 is 2.33. The average molecular weight is 857 g/mol. The molecule has 0 aliphatic heterocycles. The molecule has 4 aromatic carbocycles. The van der Waals surface area contributed by atoms with E-state index in [1.165, 1.54) is 0 Å². The Labute approximate surface area is 344 Å². The van der Waals surface area contributed by atoms with Gasteiger partial charge in [0.05, 0.1) is 33.9 Å². The van der Waals surface area contributed by atoms with Crippen LogP contribution in [-0.2, 0) is 9.47 Å². The summed E-state index contributed by atoms with van der Waals surface area (Å²) < 4.78 is 25.1. The monoisotopic (exact) mass is 856 g/mol. The molecule has 276 valence electrons. The smallest absolute Gasteiger partial charge is 0.188 e. The lowest BCUT2D eigenvalue weighted by Gasteiger charge is -2.21. The Hall–Kier alpha value is -6.63. The van der Waals surface area contributed by atoms with Gasteiger partial charge in [-0.3, -0.25) is 19.9 Å². The van der Waals surface area contributed by atoms with Crippen LogP contribution in [0.25, 0.3) is 55.4 Å². The van der Waals surface area contributed by atoms with Gasteiger partial charge in [0.25, 0.3) is 0 Å². The Kier molecular flexibility index (Phi) is 11.4. The van der Waals surface area contributed by atoms with Crippen molar-refractivity contribution in [1.29, 1.82) is 0 Å². The molecule has 0 radical (unpaired) electrons. The molecule has 0 unspecified atom stereocenters. The molecule has 57 heavy (non-hydrogen) atoms. The molecule has 0 aliphatic rings. The van der Waals surface area contributed by atoms with Crippen LogP contribution < -0.4 is 9.47 Å². The zero-order chi connectivity index (χ0) is 39.0. The molecular weight excluding hydrogens is 823 g/mol. The fraction of sp³-hybridized carbons (Fsp3) is 0.0833. The van der Waals surface area contributed by atoms with Gasteiger partial charge in [0.2, 0.25) is 0 Å². The number of pyridine rings is 4. The molecule has 4 aromatic heterocycles. The maximum Gasteiger partial charge on any atom is 0.188 e. The number of rotatable bonds is 9. The lowest BCUT2D eigenvalue weighted by molar-refractivity contribution is 0.0500. The lowest BCUT2D eigenvalue weighted by Crippen LogP contribution is -2.06. The first-order valence-corrected chi connectivity index (χ1v) is 19.0.